The molecule has 122 valence electrons. The number of benzene rings is 2. The largest absolute Gasteiger partial charge is 0.334 e. The maximum absolute atomic E-state index is 12.9. The zero-order chi connectivity index (χ0) is 16.7. The Bertz CT molecular complexity index is 657. The SMILES string of the molecule is CCCCN(Cc1cccc(Cl)c1)C(=O)c1cccc(CN)c1. The Morgan fingerprint density at radius 2 is 1.87 bits per heavy atom. The molecule has 0 aliphatic carbocycles. The summed E-state index contributed by atoms with van der Waals surface area (Å²) in [6.07, 6.45) is 2.02. The zero-order valence-electron chi connectivity index (χ0n) is 13.5. The summed E-state index contributed by atoms with van der Waals surface area (Å²) in [5.74, 6) is 0.0359. The third-order valence-corrected chi connectivity index (χ3v) is 3.98. The van der Waals surface area contributed by atoms with Crippen molar-refractivity contribution in [2.75, 3.05) is 6.54 Å². The highest BCUT2D eigenvalue weighted by Crippen LogP contribution is 2.16. The van der Waals surface area contributed by atoms with Crippen LogP contribution in [0.25, 0.3) is 0 Å². The summed E-state index contributed by atoms with van der Waals surface area (Å²) >= 11 is 6.05. The molecular formula is C19H23ClN2O. The van der Waals surface area contributed by atoms with Crippen molar-refractivity contribution in [1.82, 2.24) is 4.90 Å². The van der Waals surface area contributed by atoms with Gasteiger partial charge in [-0.2, -0.15) is 0 Å². The summed E-state index contributed by atoms with van der Waals surface area (Å²) in [5.41, 5.74) is 8.37. The van der Waals surface area contributed by atoms with Gasteiger partial charge in [0.2, 0.25) is 0 Å². The van der Waals surface area contributed by atoms with Crippen molar-refractivity contribution >= 4 is 17.5 Å². The number of halogens is 1. The number of rotatable bonds is 7. The van der Waals surface area contributed by atoms with Crippen LogP contribution in [-0.4, -0.2) is 17.4 Å². The Balaban J connectivity index is 2.20. The molecule has 2 N–H and O–H groups in total. The molecule has 0 aromatic heterocycles. The molecule has 2 aromatic carbocycles. The molecule has 0 fully saturated rings. The lowest BCUT2D eigenvalue weighted by molar-refractivity contribution is 0.0740. The summed E-state index contributed by atoms with van der Waals surface area (Å²) in [6.45, 7) is 3.85. The first-order valence-electron chi connectivity index (χ1n) is 7.96. The topological polar surface area (TPSA) is 46.3 Å². The van der Waals surface area contributed by atoms with Crippen LogP contribution in [0, 0.1) is 0 Å². The van der Waals surface area contributed by atoms with Crippen molar-refractivity contribution in [2.24, 2.45) is 5.73 Å². The van der Waals surface area contributed by atoms with Crippen LogP contribution in [0.15, 0.2) is 48.5 Å². The minimum absolute atomic E-state index is 0.0359. The minimum atomic E-state index is 0.0359. The van der Waals surface area contributed by atoms with Crippen molar-refractivity contribution < 1.29 is 4.79 Å². The predicted molar refractivity (Wildman–Crippen MR) is 95.4 cm³/mol. The van der Waals surface area contributed by atoms with Gasteiger partial charge in [0.05, 0.1) is 0 Å². The van der Waals surface area contributed by atoms with E-state index < -0.39 is 0 Å². The van der Waals surface area contributed by atoms with Crippen molar-refractivity contribution in [2.45, 2.75) is 32.9 Å². The van der Waals surface area contributed by atoms with Crippen LogP contribution in [0.5, 0.6) is 0 Å². The fourth-order valence-electron chi connectivity index (χ4n) is 2.47. The van der Waals surface area contributed by atoms with E-state index in [2.05, 4.69) is 6.92 Å². The maximum atomic E-state index is 12.9. The van der Waals surface area contributed by atoms with Crippen LogP contribution >= 0.6 is 11.6 Å². The molecule has 0 bridgehead atoms. The van der Waals surface area contributed by atoms with Gasteiger partial charge in [0, 0.05) is 30.2 Å². The fraction of sp³-hybridized carbons (Fsp3) is 0.316. The standard InChI is InChI=1S/C19H23ClN2O/c1-2-3-10-22(14-16-7-5-9-18(20)12-16)19(23)17-8-4-6-15(11-17)13-21/h4-9,11-12H,2-3,10,13-14,21H2,1H3. The molecule has 0 heterocycles. The molecule has 0 aliphatic rings. The number of hydrogen-bond acceptors (Lipinski definition) is 2. The molecule has 2 rings (SSSR count). The second kappa shape index (κ2) is 8.70. The van der Waals surface area contributed by atoms with Crippen LogP contribution < -0.4 is 5.73 Å². The third-order valence-electron chi connectivity index (χ3n) is 3.74. The quantitative estimate of drug-likeness (QED) is 0.825. The van der Waals surface area contributed by atoms with Crippen LogP contribution in [0.2, 0.25) is 5.02 Å². The molecule has 0 unspecified atom stereocenters. The van der Waals surface area contributed by atoms with Gasteiger partial charge in [-0.3, -0.25) is 4.79 Å². The normalized spacial score (nSPS) is 10.6. The van der Waals surface area contributed by atoms with Gasteiger partial charge in [-0.15, -0.1) is 0 Å². The molecule has 0 radical (unpaired) electrons. The van der Waals surface area contributed by atoms with Crippen molar-refractivity contribution in [3.63, 3.8) is 0 Å². The first kappa shape index (κ1) is 17.5. The number of amides is 1. The molecule has 2 aromatic rings. The lowest BCUT2D eigenvalue weighted by atomic mass is 10.1. The molecular weight excluding hydrogens is 308 g/mol. The van der Waals surface area contributed by atoms with E-state index in [1.807, 2.05) is 53.4 Å². The first-order chi connectivity index (χ1) is 11.1. The van der Waals surface area contributed by atoms with Crippen molar-refractivity contribution in [1.29, 1.82) is 0 Å². The summed E-state index contributed by atoms with van der Waals surface area (Å²) in [5, 5.41) is 0.690. The molecule has 3 nitrogen and oxygen atoms in total. The third kappa shape index (κ3) is 5.08. The molecule has 0 saturated carbocycles. The Labute approximate surface area is 143 Å². The van der Waals surface area contributed by atoms with E-state index in [0.717, 1.165) is 30.5 Å². The number of nitrogens with zero attached hydrogens (tertiary/aromatic N) is 1. The molecule has 0 atom stereocenters. The first-order valence-corrected chi connectivity index (χ1v) is 8.34. The molecule has 0 aliphatic heterocycles. The Morgan fingerprint density at radius 3 is 2.57 bits per heavy atom. The summed E-state index contributed by atoms with van der Waals surface area (Å²) < 4.78 is 0. The number of unbranched alkanes of at least 4 members (excludes halogenated alkanes) is 1. The second-order valence-electron chi connectivity index (χ2n) is 5.61. The molecule has 23 heavy (non-hydrogen) atoms. The van der Waals surface area contributed by atoms with E-state index in [-0.39, 0.29) is 5.91 Å². The molecule has 1 amide bonds. The van der Waals surface area contributed by atoms with E-state index in [4.69, 9.17) is 17.3 Å². The molecule has 0 saturated heterocycles. The molecule has 0 spiro atoms. The van der Waals surface area contributed by atoms with E-state index in [1.165, 1.54) is 0 Å². The maximum Gasteiger partial charge on any atom is 0.254 e. The highest BCUT2D eigenvalue weighted by atomic mass is 35.5. The number of hydrogen-bond donors (Lipinski definition) is 1. The zero-order valence-corrected chi connectivity index (χ0v) is 14.2. The Hall–Kier alpha value is -1.84. The number of carbonyl (C=O) groups excluding carboxylic acids is 1. The Morgan fingerprint density at radius 1 is 1.13 bits per heavy atom. The highest BCUT2D eigenvalue weighted by molar-refractivity contribution is 6.30. The second-order valence-corrected chi connectivity index (χ2v) is 6.05. The monoisotopic (exact) mass is 330 g/mol. The van der Waals surface area contributed by atoms with Crippen LogP contribution in [0.3, 0.4) is 0 Å². The average molecular weight is 331 g/mol. The van der Waals surface area contributed by atoms with Crippen molar-refractivity contribution in [3.05, 3.63) is 70.2 Å². The molecule has 4 heteroatoms. The summed E-state index contributed by atoms with van der Waals surface area (Å²) in [6, 6.07) is 15.2. The van der Waals surface area contributed by atoms with E-state index in [1.54, 1.807) is 0 Å². The van der Waals surface area contributed by atoms with Gasteiger partial charge in [-0.1, -0.05) is 49.2 Å². The van der Waals surface area contributed by atoms with E-state index in [9.17, 15) is 4.79 Å². The van der Waals surface area contributed by atoms with Crippen LogP contribution in [0.1, 0.15) is 41.3 Å². The highest BCUT2D eigenvalue weighted by Gasteiger charge is 2.16. The number of nitrogens with two attached hydrogens (primary N) is 1. The lowest BCUT2D eigenvalue weighted by Crippen LogP contribution is -2.31. The summed E-state index contributed by atoms with van der Waals surface area (Å²) in [4.78, 5) is 14.7. The van der Waals surface area contributed by atoms with Crippen molar-refractivity contribution in [3.8, 4) is 0 Å². The lowest BCUT2D eigenvalue weighted by Gasteiger charge is -2.23. The van der Waals surface area contributed by atoms with Gasteiger partial charge in [-0.05, 0) is 41.8 Å². The number of carbonyl (C=O) groups is 1. The predicted octanol–water partition coefficient (Wildman–Crippen LogP) is 4.24. The summed E-state index contributed by atoms with van der Waals surface area (Å²) in [7, 11) is 0. The Kier molecular flexibility index (Phi) is 6.63. The smallest absolute Gasteiger partial charge is 0.254 e. The van der Waals surface area contributed by atoms with Gasteiger partial charge in [0.15, 0.2) is 0 Å². The van der Waals surface area contributed by atoms with Gasteiger partial charge in [-0.25, -0.2) is 0 Å². The van der Waals surface area contributed by atoms with Gasteiger partial charge < -0.3 is 10.6 Å². The van der Waals surface area contributed by atoms with Crippen LogP contribution in [-0.2, 0) is 13.1 Å². The van der Waals surface area contributed by atoms with E-state index >= 15 is 0 Å². The minimum Gasteiger partial charge on any atom is -0.334 e. The van der Waals surface area contributed by atoms with Gasteiger partial charge in [0.1, 0.15) is 0 Å². The average Bonchev–Trinajstić information content (AvgIpc) is 2.58. The van der Waals surface area contributed by atoms with E-state index in [0.29, 0.717) is 23.7 Å². The van der Waals surface area contributed by atoms with Gasteiger partial charge in [0.25, 0.3) is 5.91 Å². The van der Waals surface area contributed by atoms with Gasteiger partial charge >= 0.3 is 0 Å². The van der Waals surface area contributed by atoms with Crippen LogP contribution in [0.4, 0.5) is 0 Å². The fourth-order valence-corrected chi connectivity index (χ4v) is 2.68.